The Bertz CT molecular complexity index is 1230. The molecule has 2 heterocycles. The molecule has 0 saturated heterocycles. The van der Waals surface area contributed by atoms with Gasteiger partial charge in [0, 0.05) is 5.92 Å². The first-order valence-corrected chi connectivity index (χ1v) is 12.2. The molecule has 13 heteroatoms. The number of rotatable bonds is 9. The molecule has 0 radical (unpaired) electrons. The zero-order chi connectivity index (χ0) is 24.3. The maximum Gasteiger partial charge on any atom is 0.432 e. The second-order valence-corrected chi connectivity index (χ2v) is 9.37. The maximum atomic E-state index is 12.6. The first-order valence-electron chi connectivity index (χ1n) is 10.6. The number of para-hydroxylation sites is 1. The number of amides is 1. The first kappa shape index (κ1) is 23.8. The van der Waals surface area contributed by atoms with Crippen molar-refractivity contribution in [3.8, 4) is 0 Å². The number of nitrogens with one attached hydrogen (secondary N) is 1. The predicted molar refractivity (Wildman–Crippen MR) is 125 cm³/mol. The Kier molecular flexibility index (Phi) is 6.94. The Balaban J connectivity index is 1.32. The van der Waals surface area contributed by atoms with Crippen LogP contribution in [0.5, 0.6) is 0 Å². The van der Waals surface area contributed by atoms with Gasteiger partial charge in [-0.3, -0.25) is 19.2 Å². The van der Waals surface area contributed by atoms with Crippen LogP contribution in [-0.4, -0.2) is 50.1 Å². The van der Waals surface area contributed by atoms with E-state index in [-0.39, 0.29) is 18.6 Å². The molecule has 0 bridgehead atoms. The van der Waals surface area contributed by atoms with E-state index in [1.807, 2.05) is 22.8 Å². The topological polar surface area (TPSA) is 158 Å². The average Bonchev–Trinajstić information content (AvgIpc) is 3.46. The molecular weight excluding hydrogens is 461 g/mol. The molecule has 3 unspecified atom stereocenters. The lowest BCUT2D eigenvalue weighted by Crippen LogP contribution is -2.44. The quantitative estimate of drug-likeness (QED) is 0.232. The molecule has 34 heavy (non-hydrogen) atoms. The molecule has 1 amide bonds. The van der Waals surface area contributed by atoms with Crippen LogP contribution in [0.4, 0.5) is 11.5 Å². The highest BCUT2D eigenvalue weighted by Crippen LogP contribution is 2.40. The predicted octanol–water partition coefficient (Wildman–Crippen LogP) is 2.22. The Labute approximate surface area is 196 Å². The summed E-state index contributed by atoms with van der Waals surface area (Å²) < 4.78 is 19.6. The first-order chi connectivity index (χ1) is 16.3. The van der Waals surface area contributed by atoms with Crippen molar-refractivity contribution in [2.24, 2.45) is 5.92 Å². The molecule has 0 saturated carbocycles. The van der Waals surface area contributed by atoms with Crippen LogP contribution in [0.2, 0.25) is 0 Å². The summed E-state index contributed by atoms with van der Waals surface area (Å²) in [5.41, 5.74) is 7.60. The SMILES string of the molecule is CON(c1ccccc1)[C@@H](C)C(=O)NP(=O)(O)OCC1C=CC(n2cnc3c(N)ncnc32)C1. The van der Waals surface area contributed by atoms with Crippen molar-refractivity contribution >= 4 is 36.3 Å². The van der Waals surface area contributed by atoms with Gasteiger partial charge in [-0.25, -0.2) is 24.6 Å². The Hall–Kier alpha value is -3.31. The van der Waals surface area contributed by atoms with Gasteiger partial charge < -0.3 is 15.2 Å². The van der Waals surface area contributed by atoms with Crippen LogP contribution in [-0.2, 0) is 18.7 Å². The summed E-state index contributed by atoms with van der Waals surface area (Å²) in [4.78, 5) is 40.5. The fraction of sp³-hybridized carbons (Fsp3) is 0.333. The second kappa shape index (κ2) is 9.90. The summed E-state index contributed by atoms with van der Waals surface area (Å²) in [5, 5.41) is 3.43. The van der Waals surface area contributed by atoms with Gasteiger partial charge in [-0.15, -0.1) is 0 Å². The third-order valence-corrected chi connectivity index (χ3v) is 6.55. The minimum atomic E-state index is -4.39. The molecule has 1 aliphatic carbocycles. The Morgan fingerprint density at radius 2 is 2.09 bits per heavy atom. The number of nitrogens with zero attached hydrogens (tertiary/aromatic N) is 5. The van der Waals surface area contributed by atoms with E-state index in [1.165, 1.54) is 18.5 Å². The van der Waals surface area contributed by atoms with Gasteiger partial charge in [-0.05, 0) is 25.5 Å². The molecule has 4 atom stereocenters. The smallest absolute Gasteiger partial charge is 0.382 e. The molecule has 0 fully saturated rings. The summed E-state index contributed by atoms with van der Waals surface area (Å²) in [6, 6.07) is 7.99. The molecule has 3 aromatic rings. The van der Waals surface area contributed by atoms with E-state index in [4.69, 9.17) is 15.1 Å². The van der Waals surface area contributed by atoms with Gasteiger partial charge in [0.25, 0.3) is 5.91 Å². The summed E-state index contributed by atoms with van der Waals surface area (Å²) in [7, 11) is -2.98. The highest BCUT2D eigenvalue weighted by atomic mass is 31.2. The van der Waals surface area contributed by atoms with E-state index >= 15 is 0 Å². The summed E-state index contributed by atoms with van der Waals surface area (Å²) in [6.07, 6.45) is 7.47. The van der Waals surface area contributed by atoms with Crippen LogP contribution in [0.3, 0.4) is 0 Å². The van der Waals surface area contributed by atoms with Crippen LogP contribution in [0.15, 0.2) is 55.1 Å². The number of allylic oxidation sites excluding steroid dienone is 1. The van der Waals surface area contributed by atoms with Gasteiger partial charge in [-0.1, -0.05) is 30.4 Å². The van der Waals surface area contributed by atoms with E-state index in [0.717, 1.165) is 0 Å². The van der Waals surface area contributed by atoms with Crippen LogP contribution >= 0.6 is 7.75 Å². The number of aromatic nitrogens is 4. The van der Waals surface area contributed by atoms with Crippen molar-refractivity contribution in [2.75, 3.05) is 24.5 Å². The third kappa shape index (κ3) is 5.10. The van der Waals surface area contributed by atoms with Crippen molar-refractivity contribution in [1.82, 2.24) is 24.6 Å². The number of nitrogen functional groups attached to an aromatic ring is 1. The lowest BCUT2D eigenvalue weighted by atomic mass is 10.1. The number of anilines is 2. The van der Waals surface area contributed by atoms with E-state index < -0.39 is 19.7 Å². The van der Waals surface area contributed by atoms with Gasteiger partial charge in [0.1, 0.15) is 17.9 Å². The molecule has 4 rings (SSSR count). The molecule has 180 valence electrons. The second-order valence-electron chi connectivity index (χ2n) is 7.84. The lowest BCUT2D eigenvalue weighted by Gasteiger charge is -2.28. The van der Waals surface area contributed by atoms with E-state index in [0.29, 0.717) is 29.1 Å². The van der Waals surface area contributed by atoms with Crippen LogP contribution in [0, 0.1) is 5.92 Å². The zero-order valence-electron chi connectivity index (χ0n) is 18.7. The van der Waals surface area contributed by atoms with Gasteiger partial charge in [0.2, 0.25) is 0 Å². The molecule has 1 aliphatic rings. The number of hydroxylamine groups is 1. The number of fused-ring (bicyclic) bond motifs is 1. The van der Waals surface area contributed by atoms with Crippen molar-refractivity contribution < 1.29 is 23.6 Å². The number of carbonyl (C=O) groups is 1. The molecule has 0 aliphatic heterocycles. The van der Waals surface area contributed by atoms with Crippen LogP contribution < -0.4 is 15.9 Å². The number of carbonyl (C=O) groups excluding carboxylic acids is 1. The van der Waals surface area contributed by atoms with Crippen molar-refractivity contribution in [3.63, 3.8) is 0 Å². The van der Waals surface area contributed by atoms with Gasteiger partial charge in [-0.2, -0.15) is 0 Å². The molecule has 1 aromatic carbocycles. The Morgan fingerprint density at radius 3 is 2.82 bits per heavy atom. The minimum absolute atomic E-state index is 0.0497. The largest absolute Gasteiger partial charge is 0.432 e. The fourth-order valence-corrected chi connectivity index (χ4v) is 4.75. The zero-order valence-corrected chi connectivity index (χ0v) is 19.6. The van der Waals surface area contributed by atoms with Crippen molar-refractivity contribution in [1.29, 1.82) is 0 Å². The molecule has 0 spiro atoms. The normalized spacial score (nSPS) is 20.2. The van der Waals surface area contributed by atoms with Gasteiger partial charge in [0.15, 0.2) is 11.5 Å². The highest BCUT2D eigenvalue weighted by molar-refractivity contribution is 7.51. The highest BCUT2D eigenvalue weighted by Gasteiger charge is 2.31. The van der Waals surface area contributed by atoms with Crippen LogP contribution in [0.25, 0.3) is 11.2 Å². The summed E-state index contributed by atoms with van der Waals surface area (Å²) in [6.45, 7) is 1.51. The molecule has 4 N–H and O–H groups in total. The molecule has 12 nitrogen and oxygen atoms in total. The van der Waals surface area contributed by atoms with Gasteiger partial charge >= 0.3 is 7.75 Å². The van der Waals surface area contributed by atoms with Crippen molar-refractivity contribution in [3.05, 3.63) is 55.1 Å². The average molecular weight is 487 g/mol. The fourth-order valence-electron chi connectivity index (χ4n) is 3.83. The monoisotopic (exact) mass is 487 g/mol. The number of hydrogen-bond donors (Lipinski definition) is 3. The van der Waals surface area contributed by atoms with Gasteiger partial charge in [0.05, 0.1) is 31.8 Å². The van der Waals surface area contributed by atoms with Crippen LogP contribution in [0.1, 0.15) is 19.4 Å². The molecular formula is C21H26N7O5P. The Morgan fingerprint density at radius 1 is 1.32 bits per heavy atom. The number of hydrogen-bond acceptors (Lipinski definition) is 9. The summed E-state index contributed by atoms with van der Waals surface area (Å²) >= 11 is 0. The van der Waals surface area contributed by atoms with E-state index in [2.05, 4.69) is 20.0 Å². The van der Waals surface area contributed by atoms with E-state index in [9.17, 15) is 14.3 Å². The number of benzene rings is 1. The van der Waals surface area contributed by atoms with Crippen molar-refractivity contribution in [2.45, 2.75) is 25.4 Å². The summed E-state index contributed by atoms with van der Waals surface area (Å²) in [5.74, 6) is -0.550. The standard InChI is InChI=1S/C21H26N7O5P/c1-14(28(32-2)16-6-4-3-5-7-16)21(29)26-34(30,31)33-11-15-8-9-17(10-15)27-13-25-18-19(22)23-12-24-20(18)27/h3-9,12-15,17H,10-11H2,1-2H3,(H2,22,23,24)(H2,26,29,30,31)/t14-,15?,17?/m0/s1. The maximum absolute atomic E-state index is 12.6. The van der Waals surface area contributed by atoms with E-state index in [1.54, 1.807) is 37.5 Å². The number of imidazole rings is 1. The number of nitrogens with two attached hydrogens (primary N) is 1. The lowest BCUT2D eigenvalue weighted by molar-refractivity contribution is -0.122. The molecule has 2 aromatic heterocycles. The minimum Gasteiger partial charge on any atom is -0.382 e. The third-order valence-electron chi connectivity index (χ3n) is 5.55.